The Labute approximate surface area is 112 Å². The first kappa shape index (κ1) is 13.5. The fraction of sp³-hybridized carbons (Fsp3) is 0.533. The minimum atomic E-state index is -0.260. The van der Waals surface area contributed by atoms with Crippen LogP contribution in [0.1, 0.15) is 52.0 Å². The molecule has 2 aromatic rings. The molecule has 0 saturated carbocycles. The third kappa shape index (κ3) is 2.28. The topological polar surface area (TPSA) is 12.9 Å². The summed E-state index contributed by atoms with van der Waals surface area (Å²) in [6.07, 6.45) is 1.32. The van der Waals surface area contributed by atoms with Gasteiger partial charge in [0.15, 0.2) is 0 Å². The van der Waals surface area contributed by atoms with Gasteiger partial charge in [-0.1, -0.05) is 41.5 Å². The monoisotopic (exact) mass is 265 g/mol. The van der Waals surface area contributed by atoms with Gasteiger partial charge < -0.3 is 0 Å². The van der Waals surface area contributed by atoms with Gasteiger partial charge in [0.05, 0.1) is 16.4 Å². The van der Waals surface area contributed by atoms with Gasteiger partial charge in [-0.05, 0) is 22.5 Å². The second-order valence-corrected chi connectivity index (χ2v) is 7.86. The zero-order valence-electron chi connectivity index (χ0n) is 11.9. The molecule has 0 bridgehead atoms. The van der Waals surface area contributed by atoms with Crippen LogP contribution in [0.4, 0.5) is 4.39 Å². The van der Waals surface area contributed by atoms with Crippen LogP contribution in [0.2, 0.25) is 0 Å². The van der Waals surface area contributed by atoms with E-state index in [-0.39, 0.29) is 16.6 Å². The van der Waals surface area contributed by atoms with Gasteiger partial charge in [0.2, 0.25) is 0 Å². The van der Waals surface area contributed by atoms with Gasteiger partial charge in [-0.3, -0.25) is 4.98 Å². The Bertz CT molecular complexity index is 585. The van der Waals surface area contributed by atoms with Crippen LogP contribution in [0.15, 0.2) is 12.3 Å². The number of aromatic nitrogens is 1. The summed E-state index contributed by atoms with van der Waals surface area (Å²) >= 11 is 1.67. The number of thiophene rings is 1. The van der Waals surface area contributed by atoms with E-state index in [1.54, 1.807) is 17.4 Å². The van der Waals surface area contributed by atoms with E-state index < -0.39 is 0 Å². The number of halogens is 1. The van der Waals surface area contributed by atoms with Gasteiger partial charge in [0.25, 0.3) is 0 Å². The van der Waals surface area contributed by atoms with Crippen molar-refractivity contribution in [1.29, 1.82) is 0 Å². The first-order valence-electron chi connectivity index (χ1n) is 6.20. The number of pyridine rings is 1. The standard InChI is InChI=1S/C15H20FNS/c1-14(2,3)11-12-10(7-9(16)8-17-12)18-13(11)15(4,5)6/h7-8H,1-6H3. The van der Waals surface area contributed by atoms with E-state index in [2.05, 4.69) is 46.5 Å². The number of rotatable bonds is 0. The van der Waals surface area contributed by atoms with Crippen molar-refractivity contribution in [3.05, 3.63) is 28.5 Å². The SMILES string of the molecule is CC(C)(C)c1sc2cc(F)cnc2c1C(C)(C)C. The van der Waals surface area contributed by atoms with Crippen molar-refractivity contribution in [1.82, 2.24) is 4.98 Å². The molecule has 0 aliphatic rings. The van der Waals surface area contributed by atoms with Crippen LogP contribution in [-0.2, 0) is 10.8 Å². The van der Waals surface area contributed by atoms with Gasteiger partial charge in [0, 0.05) is 4.88 Å². The lowest BCUT2D eigenvalue weighted by molar-refractivity contribution is 0.544. The third-order valence-electron chi connectivity index (χ3n) is 2.93. The highest BCUT2D eigenvalue weighted by molar-refractivity contribution is 7.19. The number of fused-ring (bicyclic) bond motifs is 1. The summed E-state index contributed by atoms with van der Waals surface area (Å²) in [5, 5.41) is 0. The largest absolute Gasteiger partial charge is 0.252 e. The van der Waals surface area contributed by atoms with Crippen LogP contribution >= 0.6 is 11.3 Å². The lowest BCUT2D eigenvalue weighted by atomic mass is 9.80. The molecule has 3 heteroatoms. The van der Waals surface area contributed by atoms with Crippen LogP contribution in [-0.4, -0.2) is 4.98 Å². The quantitative estimate of drug-likeness (QED) is 0.651. The summed E-state index contributed by atoms with van der Waals surface area (Å²) in [6, 6.07) is 1.59. The second-order valence-electron chi connectivity index (χ2n) is 6.81. The van der Waals surface area contributed by atoms with Crippen LogP contribution in [0.5, 0.6) is 0 Å². The Morgan fingerprint density at radius 2 is 1.67 bits per heavy atom. The molecule has 98 valence electrons. The first-order valence-corrected chi connectivity index (χ1v) is 7.01. The van der Waals surface area contributed by atoms with E-state index in [1.807, 2.05) is 0 Å². The highest BCUT2D eigenvalue weighted by Crippen LogP contribution is 2.43. The van der Waals surface area contributed by atoms with Crippen molar-refractivity contribution in [2.75, 3.05) is 0 Å². The van der Waals surface area contributed by atoms with Gasteiger partial charge in [0.1, 0.15) is 5.82 Å². The van der Waals surface area contributed by atoms with Gasteiger partial charge >= 0.3 is 0 Å². The van der Waals surface area contributed by atoms with Crippen molar-refractivity contribution in [2.45, 2.75) is 52.4 Å². The lowest BCUT2D eigenvalue weighted by Gasteiger charge is -2.26. The Kier molecular flexibility index (Phi) is 3.01. The fourth-order valence-electron chi connectivity index (χ4n) is 2.18. The first-order chi connectivity index (χ1) is 8.10. The summed E-state index contributed by atoms with van der Waals surface area (Å²) in [5.41, 5.74) is 2.30. The zero-order chi connectivity index (χ0) is 13.7. The number of nitrogens with zero attached hydrogens (tertiary/aromatic N) is 1. The van der Waals surface area contributed by atoms with Crippen molar-refractivity contribution < 1.29 is 4.39 Å². The average Bonchev–Trinajstić information content (AvgIpc) is 2.54. The van der Waals surface area contributed by atoms with Gasteiger partial charge in [-0.25, -0.2) is 4.39 Å². The van der Waals surface area contributed by atoms with E-state index in [4.69, 9.17) is 0 Å². The minimum Gasteiger partial charge on any atom is -0.252 e. The predicted octanol–water partition coefficient (Wildman–Crippen LogP) is 5.03. The molecule has 0 unspecified atom stereocenters. The highest BCUT2D eigenvalue weighted by Gasteiger charge is 2.30. The average molecular weight is 265 g/mol. The smallest absolute Gasteiger partial charge is 0.142 e. The molecule has 2 rings (SSSR count). The minimum absolute atomic E-state index is 0.0195. The summed E-state index contributed by atoms with van der Waals surface area (Å²) in [6.45, 7) is 13.2. The van der Waals surface area contributed by atoms with Crippen LogP contribution in [0, 0.1) is 5.82 Å². The number of hydrogen-bond acceptors (Lipinski definition) is 2. The molecule has 0 amide bonds. The summed E-state index contributed by atoms with van der Waals surface area (Å²) in [4.78, 5) is 5.63. The van der Waals surface area contributed by atoms with Crippen molar-refractivity contribution in [3.8, 4) is 0 Å². The molecule has 0 radical (unpaired) electrons. The maximum absolute atomic E-state index is 13.3. The molecule has 0 spiro atoms. The molecular formula is C15H20FNS. The summed E-state index contributed by atoms with van der Waals surface area (Å²) in [7, 11) is 0. The predicted molar refractivity (Wildman–Crippen MR) is 77.0 cm³/mol. The van der Waals surface area contributed by atoms with E-state index in [1.165, 1.54) is 16.6 Å². The second kappa shape index (κ2) is 4.02. The Morgan fingerprint density at radius 3 is 2.17 bits per heavy atom. The van der Waals surface area contributed by atoms with Crippen LogP contribution < -0.4 is 0 Å². The molecule has 0 aromatic carbocycles. The summed E-state index contributed by atoms with van der Waals surface area (Å²) < 4.78 is 14.3. The third-order valence-corrected chi connectivity index (χ3v) is 4.48. The summed E-state index contributed by atoms with van der Waals surface area (Å²) in [5.74, 6) is -0.260. The molecule has 1 nitrogen and oxygen atoms in total. The van der Waals surface area contributed by atoms with Crippen molar-refractivity contribution in [2.24, 2.45) is 0 Å². The molecule has 18 heavy (non-hydrogen) atoms. The molecule has 0 aliphatic heterocycles. The van der Waals surface area contributed by atoms with Gasteiger partial charge in [-0.15, -0.1) is 11.3 Å². The molecule has 0 saturated heterocycles. The molecule has 0 N–H and O–H groups in total. The van der Waals surface area contributed by atoms with Gasteiger partial charge in [-0.2, -0.15) is 0 Å². The molecule has 2 heterocycles. The van der Waals surface area contributed by atoms with Crippen molar-refractivity contribution in [3.63, 3.8) is 0 Å². The van der Waals surface area contributed by atoms with Crippen LogP contribution in [0.25, 0.3) is 10.2 Å². The van der Waals surface area contributed by atoms with E-state index in [0.717, 1.165) is 10.2 Å². The van der Waals surface area contributed by atoms with E-state index >= 15 is 0 Å². The fourth-order valence-corrected chi connectivity index (χ4v) is 3.63. The van der Waals surface area contributed by atoms with E-state index in [0.29, 0.717) is 0 Å². The molecular weight excluding hydrogens is 245 g/mol. The molecule has 0 atom stereocenters. The molecule has 2 aromatic heterocycles. The molecule has 0 fully saturated rings. The molecule has 0 aliphatic carbocycles. The van der Waals surface area contributed by atoms with E-state index in [9.17, 15) is 4.39 Å². The maximum atomic E-state index is 13.3. The Balaban J connectivity index is 2.85. The Morgan fingerprint density at radius 1 is 1.06 bits per heavy atom. The zero-order valence-corrected chi connectivity index (χ0v) is 12.7. The maximum Gasteiger partial charge on any atom is 0.142 e. The van der Waals surface area contributed by atoms with Crippen LogP contribution in [0.3, 0.4) is 0 Å². The van der Waals surface area contributed by atoms with Crippen molar-refractivity contribution >= 4 is 21.6 Å². The normalized spacial score (nSPS) is 13.3. The lowest BCUT2D eigenvalue weighted by Crippen LogP contribution is -2.19. The number of hydrogen-bond donors (Lipinski definition) is 0. The Hall–Kier alpha value is -0.960. The highest BCUT2D eigenvalue weighted by atomic mass is 32.1.